The van der Waals surface area contributed by atoms with Crippen molar-refractivity contribution in [3.05, 3.63) is 39.4 Å². The molecule has 108 valence electrons. The van der Waals surface area contributed by atoms with Crippen LogP contribution in [0.2, 0.25) is 0 Å². The number of nitrogens with one attached hydrogen (secondary N) is 2. The van der Waals surface area contributed by atoms with Crippen LogP contribution in [0.25, 0.3) is 0 Å². The number of nitro groups is 1. The van der Waals surface area contributed by atoms with Gasteiger partial charge in [-0.25, -0.2) is 0 Å². The van der Waals surface area contributed by atoms with Gasteiger partial charge in [-0.3, -0.25) is 14.9 Å². The summed E-state index contributed by atoms with van der Waals surface area (Å²) in [6.07, 6.45) is 2.36. The predicted octanol–water partition coefficient (Wildman–Crippen LogP) is 1.66. The second-order valence-corrected chi connectivity index (χ2v) is 5.09. The van der Waals surface area contributed by atoms with Crippen molar-refractivity contribution in [3.8, 4) is 0 Å². The number of nitro benzene ring substituents is 1. The van der Waals surface area contributed by atoms with Gasteiger partial charge < -0.3 is 10.6 Å². The smallest absolute Gasteiger partial charge is 0.272 e. The topological polar surface area (TPSA) is 84.3 Å². The third kappa shape index (κ3) is 3.54. The average Bonchev–Trinajstić information content (AvgIpc) is 2.61. The third-order valence-corrected chi connectivity index (χ3v) is 3.68. The molecule has 0 saturated carbocycles. The molecule has 0 aromatic heterocycles. The summed E-state index contributed by atoms with van der Waals surface area (Å²) < 4.78 is 0. The van der Waals surface area contributed by atoms with Crippen molar-refractivity contribution in [2.24, 2.45) is 0 Å². The lowest BCUT2D eigenvalue weighted by Gasteiger charge is -2.16. The summed E-state index contributed by atoms with van der Waals surface area (Å²) in [6, 6.07) is 5.22. The standard InChI is InChI=1S/C14H19N3O3/c1-10-11(4-2-6-13(10)17(19)20)9-16-12-5-3-7-15-14(18)8-12/h2,4,6,12,16H,3,5,7-9H2,1H3,(H,15,18). The summed E-state index contributed by atoms with van der Waals surface area (Å²) in [4.78, 5) is 22.0. The van der Waals surface area contributed by atoms with Crippen LogP contribution < -0.4 is 10.6 Å². The lowest BCUT2D eigenvalue weighted by molar-refractivity contribution is -0.385. The van der Waals surface area contributed by atoms with Gasteiger partial charge in [-0.1, -0.05) is 12.1 Å². The monoisotopic (exact) mass is 277 g/mol. The van der Waals surface area contributed by atoms with E-state index in [1.54, 1.807) is 13.0 Å². The summed E-state index contributed by atoms with van der Waals surface area (Å²) in [7, 11) is 0. The number of rotatable bonds is 4. The van der Waals surface area contributed by atoms with Crippen LogP contribution in [0, 0.1) is 17.0 Å². The van der Waals surface area contributed by atoms with E-state index in [4.69, 9.17) is 0 Å². The van der Waals surface area contributed by atoms with Crippen molar-refractivity contribution in [2.45, 2.75) is 38.8 Å². The van der Waals surface area contributed by atoms with E-state index in [2.05, 4.69) is 10.6 Å². The van der Waals surface area contributed by atoms with Gasteiger partial charge in [0.05, 0.1) is 4.92 Å². The van der Waals surface area contributed by atoms with Crippen LogP contribution in [0.4, 0.5) is 5.69 Å². The Morgan fingerprint density at radius 3 is 3.05 bits per heavy atom. The summed E-state index contributed by atoms with van der Waals surface area (Å²) in [5, 5.41) is 17.1. The number of hydrogen-bond acceptors (Lipinski definition) is 4. The fourth-order valence-electron chi connectivity index (χ4n) is 2.46. The van der Waals surface area contributed by atoms with Crippen molar-refractivity contribution >= 4 is 11.6 Å². The molecule has 1 heterocycles. The van der Waals surface area contributed by atoms with Crippen molar-refractivity contribution in [3.63, 3.8) is 0 Å². The molecule has 1 amide bonds. The molecule has 2 rings (SSSR count). The number of nitrogens with zero attached hydrogens (tertiary/aromatic N) is 1. The quantitative estimate of drug-likeness (QED) is 0.647. The Morgan fingerprint density at radius 1 is 1.50 bits per heavy atom. The maximum atomic E-state index is 11.5. The van der Waals surface area contributed by atoms with Crippen LogP contribution in [0.1, 0.15) is 30.4 Å². The highest BCUT2D eigenvalue weighted by Gasteiger charge is 2.18. The fraction of sp³-hybridized carbons (Fsp3) is 0.500. The minimum absolute atomic E-state index is 0.0655. The molecule has 2 N–H and O–H groups in total. The van der Waals surface area contributed by atoms with Crippen LogP contribution in [-0.4, -0.2) is 23.4 Å². The van der Waals surface area contributed by atoms with E-state index in [0.29, 0.717) is 18.5 Å². The summed E-state index contributed by atoms with van der Waals surface area (Å²) in [5.74, 6) is 0.0655. The summed E-state index contributed by atoms with van der Waals surface area (Å²) >= 11 is 0. The van der Waals surface area contributed by atoms with Gasteiger partial charge in [-0.2, -0.15) is 0 Å². The molecule has 0 bridgehead atoms. The first-order valence-electron chi connectivity index (χ1n) is 6.81. The van der Waals surface area contributed by atoms with Crippen LogP contribution in [-0.2, 0) is 11.3 Å². The van der Waals surface area contributed by atoms with E-state index in [-0.39, 0.29) is 22.6 Å². The molecule has 20 heavy (non-hydrogen) atoms. The van der Waals surface area contributed by atoms with Crippen molar-refractivity contribution in [2.75, 3.05) is 6.54 Å². The van der Waals surface area contributed by atoms with Gasteiger partial charge >= 0.3 is 0 Å². The number of benzene rings is 1. The maximum absolute atomic E-state index is 11.5. The van der Waals surface area contributed by atoms with E-state index in [9.17, 15) is 14.9 Å². The van der Waals surface area contributed by atoms with Gasteiger partial charge in [0.15, 0.2) is 0 Å². The molecule has 6 heteroatoms. The lowest BCUT2D eigenvalue weighted by atomic mass is 10.0. The molecule has 1 fully saturated rings. The molecule has 1 saturated heterocycles. The van der Waals surface area contributed by atoms with Gasteiger partial charge in [0.2, 0.25) is 5.91 Å². The second kappa shape index (κ2) is 6.47. The third-order valence-electron chi connectivity index (χ3n) is 3.68. The molecule has 0 spiro atoms. The molecular formula is C14H19N3O3. The zero-order chi connectivity index (χ0) is 14.5. The van der Waals surface area contributed by atoms with Crippen molar-refractivity contribution in [1.82, 2.24) is 10.6 Å². The molecular weight excluding hydrogens is 258 g/mol. The van der Waals surface area contributed by atoms with Crippen molar-refractivity contribution in [1.29, 1.82) is 0 Å². The highest BCUT2D eigenvalue weighted by atomic mass is 16.6. The first-order valence-corrected chi connectivity index (χ1v) is 6.81. The highest BCUT2D eigenvalue weighted by molar-refractivity contribution is 5.76. The SMILES string of the molecule is Cc1c(CNC2CCCNC(=O)C2)cccc1[N+](=O)[O-]. The van der Waals surface area contributed by atoms with E-state index in [0.717, 1.165) is 24.9 Å². The number of hydrogen-bond donors (Lipinski definition) is 2. The van der Waals surface area contributed by atoms with Crippen LogP contribution >= 0.6 is 0 Å². The highest BCUT2D eigenvalue weighted by Crippen LogP contribution is 2.21. The first-order chi connectivity index (χ1) is 9.58. The first kappa shape index (κ1) is 14.5. The Bertz CT molecular complexity index is 516. The fourth-order valence-corrected chi connectivity index (χ4v) is 2.46. The number of carbonyl (C=O) groups is 1. The molecule has 0 aliphatic carbocycles. The summed E-state index contributed by atoms with van der Waals surface area (Å²) in [5.41, 5.74) is 1.73. The Labute approximate surface area is 117 Å². The molecule has 6 nitrogen and oxygen atoms in total. The predicted molar refractivity (Wildman–Crippen MR) is 75.3 cm³/mol. The molecule has 1 unspecified atom stereocenters. The van der Waals surface area contributed by atoms with Crippen LogP contribution in [0.15, 0.2) is 18.2 Å². The van der Waals surface area contributed by atoms with E-state index >= 15 is 0 Å². The minimum Gasteiger partial charge on any atom is -0.356 e. The zero-order valence-electron chi connectivity index (χ0n) is 11.5. The van der Waals surface area contributed by atoms with Crippen molar-refractivity contribution < 1.29 is 9.72 Å². The van der Waals surface area contributed by atoms with Crippen LogP contribution in [0.3, 0.4) is 0 Å². The minimum atomic E-state index is -0.363. The van der Waals surface area contributed by atoms with E-state index < -0.39 is 0 Å². The maximum Gasteiger partial charge on any atom is 0.272 e. The Morgan fingerprint density at radius 2 is 2.30 bits per heavy atom. The molecule has 1 aromatic carbocycles. The Kier molecular flexibility index (Phi) is 4.68. The molecule has 0 radical (unpaired) electrons. The molecule has 1 aliphatic heterocycles. The van der Waals surface area contributed by atoms with Crippen LogP contribution in [0.5, 0.6) is 0 Å². The molecule has 1 atom stereocenters. The van der Waals surface area contributed by atoms with Gasteiger partial charge in [-0.15, -0.1) is 0 Å². The van der Waals surface area contributed by atoms with Gasteiger partial charge in [0, 0.05) is 37.2 Å². The van der Waals surface area contributed by atoms with E-state index in [1.165, 1.54) is 6.07 Å². The lowest BCUT2D eigenvalue weighted by Crippen LogP contribution is -2.32. The zero-order valence-corrected chi connectivity index (χ0v) is 11.5. The molecule has 1 aromatic rings. The van der Waals surface area contributed by atoms with Gasteiger partial charge in [-0.05, 0) is 25.3 Å². The number of amides is 1. The molecule has 1 aliphatic rings. The Hall–Kier alpha value is -1.95. The second-order valence-electron chi connectivity index (χ2n) is 5.09. The average molecular weight is 277 g/mol. The number of carbonyl (C=O) groups excluding carboxylic acids is 1. The largest absolute Gasteiger partial charge is 0.356 e. The normalized spacial score (nSPS) is 19.2. The van der Waals surface area contributed by atoms with E-state index in [1.807, 2.05) is 6.07 Å². The van der Waals surface area contributed by atoms with Gasteiger partial charge in [0.25, 0.3) is 5.69 Å². The van der Waals surface area contributed by atoms with Gasteiger partial charge in [0.1, 0.15) is 0 Å². The summed E-state index contributed by atoms with van der Waals surface area (Å²) in [6.45, 7) is 3.03. The Balaban J connectivity index is 2.01.